The van der Waals surface area contributed by atoms with Gasteiger partial charge in [-0.3, -0.25) is 0 Å². The summed E-state index contributed by atoms with van der Waals surface area (Å²) in [4.78, 5) is 8.89. The van der Waals surface area contributed by atoms with Crippen LogP contribution in [0.1, 0.15) is 25.5 Å². The van der Waals surface area contributed by atoms with Gasteiger partial charge >= 0.3 is 0 Å². The van der Waals surface area contributed by atoms with Crippen molar-refractivity contribution in [2.24, 2.45) is 0 Å². The fourth-order valence-corrected chi connectivity index (χ4v) is 2.79. The molecule has 0 saturated heterocycles. The van der Waals surface area contributed by atoms with Crippen molar-refractivity contribution in [1.29, 1.82) is 0 Å². The molecule has 0 radical (unpaired) electrons. The average Bonchev–Trinajstić information content (AvgIpc) is 2.32. The largest absolute Gasteiger partial charge is 0.232 e. The minimum atomic E-state index is 0.283. The molecule has 0 aliphatic carbocycles. The summed E-state index contributed by atoms with van der Waals surface area (Å²) in [5.41, 5.74) is 1.87. The lowest BCUT2D eigenvalue weighted by atomic mass is 10.1. The Morgan fingerprint density at radius 1 is 1.17 bits per heavy atom. The van der Waals surface area contributed by atoms with Crippen LogP contribution in [0.3, 0.4) is 0 Å². The van der Waals surface area contributed by atoms with Crippen molar-refractivity contribution >= 4 is 43.5 Å². The van der Waals surface area contributed by atoms with Gasteiger partial charge in [-0.25, -0.2) is 9.97 Å². The van der Waals surface area contributed by atoms with Gasteiger partial charge in [-0.15, -0.1) is 0 Å². The van der Waals surface area contributed by atoms with Crippen molar-refractivity contribution in [2.45, 2.75) is 19.8 Å². The zero-order valence-electron chi connectivity index (χ0n) is 9.92. The number of hydrogen-bond acceptors (Lipinski definition) is 2. The molecular weight excluding hydrogens is 379 g/mol. The van der Waals surface area contributed by atoms with E-state index in [-0.39, 0.29) is 5.92 Å². The second-order valence-corrected chi connectivity index (χ2v) is 6.27. The molecule has 1 aromatic heterocycles. The summed E-state index contributed by atoms with van der Waals surface area (Å²) in [5, 5.41) is 0.448. The van der Waals surface area contributed by atoms with Crippen LogP contribution in [-0.4, -0.2) is 9.97 Å². The average molecular weight is 391 g/mol. The Labute approximate surface area is 128 Å². The molecule has 2 aromatic rings. The Bertz CT molecular complexity index is 585. The maximum atomic E-state index is 6.14. The summed E-state index contributed by atoms with van der Waals surface area (Å²) in [5.74, 6) is 0.930. The van der Waals surface area contributed by atoms with Crippen molar-refractivity contribution in [1.82, 2.24) is 9.97 Å². The van der Waals surface area contributed by atoms with Gasteiger partial charge in [0.15, 0.2) is 5.82 Å². The summed E-state index contributed by atoms with van der Waals surface area (Å²) in [6.45, 7) is 4.15. The maximum absolute atomic E-state index is 6.14. The van der Waals surface area contributed by atoms with Crippen LogP contribution in [0.15, 0.2) is 33.2 Å². The highest BCUT2D eigenvalue weighted by Gasteiger charge is 2.14. The normalized spacial score (nSPS) is 11.0. The van der Waals surface area contributed by atoms with E-state index in [1.54, 1.807) is 0 Å². The second-order valence-electron chi connectivity index (χ2n) is 4.20. The van der Waals surface area contributed by atoms with Gasteiger partial charge in [-0.05, 0) is 34.0 Å². The second kappa shape index (κ2) is 5.68. The highest BCUT2D eigenvalue weighted by Crippen LogP contribution is 2.31. The number of rotatable bonds is 2. The molecule has 2 nitrogen and oxygen atoms in total. The summed E-state index contributed by atoms with van der Waals surface area (Å²) in [7, 11) is 0. The molecule has 0 saturated carbocycles. The highest BCUT2D eigenvalue weighted by molar-refractivity contribution is 9.10. The SMILES string of the molecule is CC(C)c1nc(-c2cccc(Br)c2)nc(Cl)c1Br. The van der Waals surface area contributed by atoms with Crippen molar-refractivity contribution in [3.05, 3.63) is 44.1 Å². The van der Waals surface area contributed by atoms with Gasteiger partial charge < -0.3 is 0 Å². The molecule has 1 aromatic carbocycles. The molecule has 2 rings (SSSR count). The lowest BCUT2D eigenvalue weighted by Crippen LogP contribution is -2.00. The van der Waals surface area contributed by atoms with E-state index in [4.69, 9.17) is 11.6 Å². The van der Waals surface area contributed by atoms with Crippen LogP contribution in [0.25, 0.3) is 11.4 Å². The van der Waals surface area contributed by atoms with E-state index in [2.05, 4.69) is 55.7 Å². The number of aromatic nitrogens is 2. The Morgan fingerprint density at radius 3 is 2.50 bits per heavy atom. The molecule has 18 heavy (non-hydrogen) atoms. The summed E-state index contributed by atoms with van der Waals surface area (Å²) >= 11 is 13.0. The van der Waals surface area contributed by atoms with E-state index < -0.39 is 0 Å². The fraction of sp³-hybridized carbons (Fsp3) is 0.231. The summed E-state index contributed by atoms with van der Waals surface area (Å²) in [6.07, 6.45) is 0. The predicted octanol–water partition coefficient (Wildman–Crippen LogP) is 5.45. The van der Waals surface area contributed by atoms with E-state index in [0.717, 1.165) is 20.2 Å². The minimum Gasteiger partial charge on any atom is -0.232 e. The lowest BCUT2D eigenvalue weighted by Gasteiger charge is -2.11. The van der Waals surface area contributed by atoms with Crippen molar-refractivity contribution < 1.29 is 0 Å². The Balaban J connectivity index is 2.59. The van der Waals surface area contributed by atoms with Crippen molar-refractivity contribution in [3.8, 4) is 11.4 Å². The van der Waals surface area contributed by atoms with E-state index in [1.807, 2.05) is 24.3 Å². The summed E-state index contributed by atoms with van der Waals surface area (Å²) < 4.78 is 1.77. The molecule has 0 amide bonds. The molecule has 1 heterocycles. The quantitative estimate of drug-likeness (QED) is 0.638. The number of nitrogens with zero attached hydrogens (tertiary/aromatic N) is 2. The minimum absolute atomic E-state index is 0.283. The third-order valence-electron chi connectivity index (χ3n) is 2.47. The van der Waals surface area contributed by atoms with E-state index in [1.165, 1.54) is 0 Å². The summed E-state index contributed by atoms with van der Waals surface area (Å²) in [6, 6.07) is 7.86. The van der Waals surface area contributed by atoms with Gasteiger partial charge in [0.25, 0.3) is 0 Å². The third-order valence-corrected chi connectivity index (χ3v) is 4.24. The molecule has 0 unspecified atom stereocenters. The molecule has 94 valence electrons. The molecule has 0 aliphatic heterocycles. The first kappa shape index (κ1) is 14.0. The van der Waals surface area contributed by atoms with Crippen molar-refractivity contribution in [3.63, 3.8) is 0 Å². The lowest BCUT2D eigenvalue weighted by molar-refractivity contribution is 0.809. The number of halogens is 3. The zero-order chi connectivity index (χ0) is 13.3. The Hall–Kier alpha value is -0.450. The fourth-order valence-electron chi connectivity index (χ4n) is 1.58. The van der Waals surface area contributed by atoms with E-state index in [0.29, 0.717) is 11.0 Å². The van der Waals surface area contributed by atoms with Gasteiger partial charge in [-0.2, -0.15) is 0 Å². The third kappa shape index (κ3) is 2.92. The molecule has 0 fully saturated rings. The molecule has 0 bridgehead atoms. The molecule has 0 spiro atoms. The highest BCUT2D eigenvalue weighted by atomic mass is 79.9. The number of benzene rings is 1. The van der Waals surface area contributed by atoms with Crippen LogP contribution in [0.5, 0.6) is 0 Å². The van der Waals surface area contributed by atoms with Crippen molar-refractivity contribution in [2.75, 3.05) is 0 Å². The first-order valence-corrected chi connectivity index (χ1v) is 7.44. The smallest absolute Gasteiger partial charge is 0.161 e. The maximum Gasteiger partial charge on any atom is 0.161 e. The number of hydrogen-bond donors (Lipinski definition) is 0. The monoisotopic (exact) mass is 388 g/mol. The first-order valence-electron chi connectivity index (χ1n) is 5.48. The van der Waals surface area contributed by atoms with Gasteiger partial charge in [-0.1, -0.05) is 53.5 Å². The predicted molar refractivity (Wildman–Crippen MR) is 82.0 cm³/mol. The van der Waals surface area contributed by atoms with Gasteiger partial charge in [0.1, 0.15) is 5.15 Å². The van der Waals surface area contributed by atoms with Crippen LogP contribution in [0.4, 0.5) is 0 Å². The Kier molecular flexibility index (Phi) is 4.41. The van der Waals surface area contributed by atoms with Gasteiger partial charge in [0, 0.05) is 10.0 Å². The van der Waals surface area contributed by atoms with Crippen LogP contribution >= 0.6 is 43.5 Å². The van der Waals surface area contributed by atoms with Gasteiger partial charge in [0.2, 0.25) is 0 Å². The standard InChI is InChI=1S/C13H11Br2ClN2/c1-7(2)11-10(15)12(16)18-13(17-11)8-4-3-5-9(14)6-8/h3-7H,1-2H3. The first-order chi connectivity index (χ1) is 8.49. The Morgan fingerprint density at radius 2 is 1.89 bits per heavy atom. The van der Waals surface area contributed by atoms with Crippen LogP contribution in [0, 0.1) is 0 Å². The van der Waals surface area contributed by atoms with Crippen LogP contribution in [0.2, 0.25) is 5.15 Å². The van der Waals surface area contributed by atoms with Crippen LogP contribution in [-0.2, 0) is 0 Å². The molecule has 0 N–H and O–H groups in total. The van der Waals surface area contributed by atoms with E-state index in [9.17, 15) is 0 Å². The molecule has 5 heteroatoms. The molecule has 0 atom stereocenters. The van der Waals surface area contributed by atoms with Gasteiger partial charge in [0.05, 0.1) is 10.2 Å². The van der Waals surface area contributed by atoms with Crippen LogP contribution < -0.4 is 0 Å². The molecule has 0 aliphatic rings. The topological polar surface area (TPSA) is 25.8 Å². The zero-order valence-corrected chi connectivity index (χ0v) is 13.8. The molecular formula is C13H11Br2ClN2. The van der Waals surface area contributed by atoms with E-state index >= 15 is 0 Å².